The zero-order valence-corrected chi connectivity index (χ0v) is 7.14. The van der Waals surface area contributed by atoms with E-state index < -0.39 is 11.9 Å². The molecule has 5 nitrogen and oxygen atoms in total. The fourth-order valence-corrected chi connectivity index (χ4v) is 0.607. The summed E-state index contributed by atoms with van der Waals surface area (Å²) in [5, 5.41) is 3.92. The molecule has 0 aromatic heterocycles. The van der Waals surface area contributed by atoms with Crippen LogP contribution in [0.1, 0.15) is 26.7 Å². The van der Waals surface area contributed by atoms with Crippen LogP contribution in [-0.4, -0.2) is 17.8 Å². The third-order valence-corrected chi connectivity index (χ3v) is 1.02. The lowest BCUT2D eigenvalue weighted by Gasteiger charge is -2.01. The number of hydrogen-bond acceptors (Lipinski definition) is 3. The lowest BCUT2D eigenvalue weighted by atomic mass is 10.3. The molecule has 5 heteroatoms. The van der Waals surface area contributed by atoms with Crippen molar-refractivity contribution >= 4 is 17.8 Å². The van der Waals surface area contributed by atoms with Crippen molar-refractivity contribution in [3.05, 3.63) is 0 Å². The molecule has 0 aromatic carbocycles. The Bertz CT molecular complexity index is 201. The quantitative estimate of drug-likeness (QED) is 0.623. The molecule has 0 atom stereocenters. The maximum Gasteiger partial charge on any atom is 0.328 e. The summed E-state index contributed by atoms with van der Waals surface area (Å²) in [7, 11) is 0. The fraction of sp³-hybridized carbons (Fsp3) is 0.571. The first-order valence-electron chi connectivity index (χ1n) is 3.67. The minimum absolute atomic E-state index is 0.283. The molecular weight excluding hydrogens is 160 g/mol. The Morgan fingerprint density at radius 3 is 2.17 bits per heavy atom. The van der Waals surface area contributed by atoms with Gasteiger partial charge in [-0.3, -0.25) is 20.2 Å². The average Bonchev–Trinajstić information content (AvgIpc) is 1.84. The standard InChI is InChI=1S/C7H12N2O3/c1-3-4-6(11)9-7(12)8-5(2)10/h3-4H2,1-2H3,(H2,8,9,10,11,12). The van der Waals surface area contributed by atoms with E-state index in [0.717, 1.165) is 0 Å². The number of rotatable bonds is 2. The molecule has 2 N–H and O–H groups in total. The third-order valence-electron chi connectivity index (χ3n) is 1.02. The van der Waals surface area contributed by atoms with Crippen molar-refractivity contribution in [2.45, 2.75) is 26.7 Å². The summed E-state index contributed by atoms with van der Waals surface area (Å²) in [6.45, 7) is 3.02. The van der Waals surface area contributed by atoms with Crippen LogP contribution in [0.4, 0.5) is 4.79 Å². The van der Waals surface area contributed by atoms with Crippen LogP contribution >= 0.6 is 0 Å². The highest BCUT2D eigenvalue weighted by Crippen LogP contribution is 1.84. The van der Waals surface area contributed by atoms with Crippen LogP contribution in [0.25, 0.3) is 0 Å². The molecular formula is C7H12N2O3. The van der Waals surface area contributed by atoms with Gasteiger partial charge < -0.3 is 0 Å². The van der Waals surface area contributed by atoms with Gasteiger partial charge in [0.2, 0.25) is 11.8 Å². The van der Waals surface area contributed by atoms with E-state index in [9.17, 15) is 14.4 Å². The fourth-order valence-electron chi connectivity index (χ4n) is 0.607. The monoisotopic (exact) mass is 172 g/mol. The molecule has 0 bridgehead atoms. The molecule has 0 spiro atoms. The first-order chi connectivity index (χ1) is 5.56. The summed E-state index contributed by atoms with van der Waals surface area (Å²) in [4.78, 5) is 31.7. The van der Waals surface area contributed by atoms with Crippen molar-refractivity contribution in [3.8, 4) is 0 Å². The summed E-state index contributed by atoms with van der Waals surface area (Å²) in [5.41, 5.74) is 0. The maximum absolute atomic E-state index is 10.8. The smallest absolute Gasteiger partial charge is 0.278 e. The summed E-state index contributed by atoms with van der Waals surface area (Å²) < 4.78 is 0. The minimum atomic E-state index is -0.763. The van der Waals surface area contributed by atoms with Gasteiger partial charge in [-0.1, -0.05) is 6.92 Å². The lowest BCUT2D eigenvalue weighted by molar-refractivity contribution is -0.120. The summed E-state index contributed by atoms with van der Waals surface area (Å²) in [6.07, 6.45) is 0.949. The van der Waals surface area contributed by atoms with Crippen molar-refractivity contribution in [1.82, 2.24) is 10.6 Å². The van der Waals surface area contributed by atoms with Crippen molar-refractivity contribution in [2.75, 3.05) is 0 Å². The topological polar surface area (TPSA) is 75.3 Å². The van der Waals surface area contributed by atoms with Gasteiger partial charge in [0.15, 0.2) is 0 Å². The molecule has 0 unspecified atom stereocenters. The second-order valence-corrected chi connectivity index (χ2v) is 2.31. The zero-order valence-electron chi connectivity index (χ0n) is 7.14. The third kappa shape index (κ3) is 5.40. The van der Waals surface area contributed by atoms with Gasteiger partial charge in [-0.05, 0) is 6.42 Å². The predicted octanol–water partition coefficient (Wildman–Crippen LogP) is 0.159. The molecule has 0 rings (SSSR count). The molecule has 12 heavy (non-hydrogen) atoms. The molecule has 0 saturated carbocycles. The van der Waals surface area contributed by atoms with Gasteiger partial charge in [-0.25, -0.2) is 4.79 Å². The van der Waals surface area contributed by atoms with Crippen molar-refractivity contribution in [3.63, 3.8) is 0 Å². The van der Waals surface area contributed by atoms with Gasteiger partial charge in [0.1, 0.15) is 0 Å². The largest absolute Gasteiger partial charge is 0.328 e. The van der Waals surface area contributed by atoms with Crippen molar-refractivity contribution in [2.24, 2.45) is 0 Å². The Balaban J connectivity index is 3.69. The van der Waals surface area contributed by atoms with Crippen molar-refractivity contribution < 1.29 is 14.4 Å². The molecule has 68 valence electrons. The van der Waals surface area contributed by atoms with E-state index in [2.05, 4.69) is 0 Å². The van der Waals surface area contributed by atoms with Crippen LogP contribution in [0, 0.1) is 0 Å². The van der Waals surface area contributed by atoms with E-state index in [1.54, 1.807) is 0 Å². The number of carbonyl (C=O) groups is 3. The Kier molecular flexibility index (Phi) is 4.67. The van der Waals surface area contributed by atoms with Gasteiger partial charge in [0, 0.05) is 13.3 Å². The van der Waals surface area contributed by atoms with E-state index in [4.69, 9.17) is 0 Å². The second kappa shape index (κ2) is 5.29. The van der Waals surface area contributed by atoms with E-state index in [-0.39, 0.29) is 12.3 Å². The molecule has 0 radical (unpaired) electrons. The Labute approximate surface area is 70.5 Å². The van der Waals surface area contributed by atoms with E-state index in [1.807, 2.05) is 17.6 Å². The SMILES string of the molecule is CCCC(=O)NC(=O)NC(C)=O. The van der Waals surface area contributed by atoms with Crippen LogP contribution in [-0.2, 0) is 9.59 Å². The van der Waals surface area contributed by atoms with Crippen LogP contribution in [0.3, 0.4) is 0 Å². The molecule has 0 aliphatic rings. The molecule has 4 amide bonds. The number of urea groups is 1. The van der Waals surface area contributed by atoms with Crippen LogP contribution in [0.15, 0.2) is 0 Å². The normalized spacial score (nSPS) is 8.83. The highest BCUT2D eigenvalue weighted by Gasteiger charge is 2.06. The summed E-state index contributed by atoms with van der Waals surface area (Å²) in [6, 6.07) is -0.763. The Hall–Kier alpha value is -1.39. The number of imide groups is 2. The highest BCUT2D eigenvalue weighted by atomic mass is 16.2. The molecule has 0 aliphatic heterocycles. The average molecular weight is 172 g/mol. The van der Waals surface area contributed by atoms with E-state index in [0.29, 0.717) is 6.42 Å². The summed E-state index contributed by atoms with van der Waals surface area (Å²) >= 11 is 0. The van der Waals surface area contributed by atoms with Crippen LogP contribution < -0.4 is 10.6 Å². The van der Waals surface area contributed by atoms with Gasteiger partial charge in [-0.2, -0.15) is 0 Å². The summed E-state index contributed by atoms with van der Waals surface area (Å²) in [5.74, 6) is -0.868. The zero-order chi connectivity index (χ0) is 9.56. The lowest BCUT2D eigenvalue weighted by Crippen LogP contribution is -2.41. The van der Waals surface area contributed by atoms with Gasteiger partial charge in [0.05, 0.1) is 0 Å². The second-order valence-electron chi connectivity index (χ2n) is 2.31. The molecule has 0 saturated heterocycles. The molecule has 0 aliphatic carbocycles. The number of carbonyl (C=O) groups excluding carboxylic acids is 3. The van der Waals surface area contributed by atoms with Crippen molar-refractivity contribution in [1.29, 1.82) is 0 Å². The van der Waals surface area contributed by atoms with Crippen LogP contribution in [0.2, 0.25) is 0 Å². The van der Waals surface area contributed by atoms with E-state index >= 15 is 0 Å². The molecule has 0 aromatic rings. The maximum atomic E-state index is 10.8. The first-order valence-corrected chi connectivity index (χ1v) is 3.67. The minimum Gasteiger partial charge on any atom is -0.278 e. The Morgan fingerprint density at radius 1 is 1.17 bits per heavy atom. The number of amides is 4. The van der Waals surface area contributed by atoms with Gasteiger partial charge in [-0.15, -0.1) is 0 Å². The van der Waals surface area contributed by atoms with Crippen LogP contribution in [0.5, 0.6) is 0 Å². The Morgan fingerprint density at radius 2 is 1.75 bits per heavy atom. The molecule has 0 fully saturated rings. The van der Waals surface area contributed by atoms with E-state index in [1.165, 1.54) is 6.92 Å². The van der Waals surface area contributed by atoms with Gasteiger partial charge in [0.25, 0.3) is 0 Å². The highest BCUT2D eigenvalue weighted by molar-refractivity contribution is 6.01. The number of nitrogens with one attached hydrogen (secondary N) is 2. The first kappa shape index (κ1) is 10.6. The molecule has 0 heterocycles. The van der Waals surface area contributed by atoms with Gasteiger partial charge >= 0.3 is 6.03 Å². The predicted molar refractivity (Wildman–Crippen MR) is 42.3 cm³/mol. The number of hydrogen-bond donors (Lipinski definition) is 2.